The third-order valence-corrected chi connectivity index (χ3v) is 4.23. The smallest absolute Gasteiger partial charge is 0.123 e. The molecule has 0 radical (unpaired) electrons. The summed E-state index contributed by atoms with van der Waals surface area (Å²) in [5.74, 6) is 2.54. The van der Waals surface area contributed by atoms with Gasteiger partial charge in [-0.05, 0) is 44.4 Å². The first kappa shape index (κ1) is 16.2. The number of rotatable bonds is 8. The van der Waals surface area contributed by atoms with Crippen molar-refractivity contribution in [3.05, 3.63) is 24.3 Å². The Kier molecular flexibility index (Phi) is 6.87. The Balaban J connectivity index is 1.89. The average Bonchev–Trinajstić information content (AvgIpc) is 2.53. The summed E-state index contributed by atoms with van der Waals surface area (Å²) in [6.07, 6.45) is 6.80. The molecule has 0 amide bonds. The molecule has 0 heterocycles. The number of likely N-dealkylation sites (N-methyl/N-ethyl adjacent to an activating group) is 1. The maximum atomic E-state index is 6.02. The van der Waals surface area contributed by atoms with Crippen LogP contribution in [0.1, 0.15) is 46.0 Å². The summed E-state index contributed by atoms with van der Waals surface area (Å²) in [5.41, 5.74) is 0. The number of hydrogen-bond donors (Lipinski definition) is 1. The van der Waals surface area contributed by atoms with Crippen molar-refractivity contribution < 1.29 is 9.47 Å². The van der Waals surface area contributed by atoms with E-state index >= 15 is 0 Å². The predicted molar refractivity (Wildman–Crippen MR) is 87.1 cm³/mol. The minimum absolute atomic E-state index is 0.464. The Morgan fingerprint density at radius 3 is 2.48 bits per heavy atom. The standard InChI is InChI=1S/C18H29NO2/c1-3-19-18(15-9-6-5-7-10-15)14-21-17-12-8-11-16(13-17)20-4-2/h8,11-13,15,18-19H,3-7,9-10,14H2,1-2H3. The van der Waals surface area contributed by atoms with E-state index in [0.29, 0.717) is 12.6 Å². The zero-order chi connectivity index (χ0) is 14.9. The molecule has 3 heteroatoms. The van der Waals surface area contributed by atoms with E-state index in [9.17, 15) is 0 Å². The molecule has 0 bridgehead atoms. The molecule has 1 atom stereocenters. The molecule has 1 fully saturated rings. The van der Waals surface area contributed by atoms with Gasteiger partial charge in [0.25, 0.3) is 0 Å². The predicted octanol–water partition coefficient (Wildman–Crippen LogP) is 4.02. The topological polar surface area (TPSA) is 30.5 Å². The van der Waals surface area contributed by atoms with Gasteiger partial charge in [0.15, 0.2) is 0 Å². The van der Waals surface area contributed by atoms with Crippen LogP contribution in [0.15, 0.2) is 24.3 Å². The van der Waals surface area contributed by atoms with Gasteiger partial charge in [0.05, 0.1) is 6.61 Å². The first-order chi connectivity index (χ1) is 10.3. The number of nitrogens with one attached hydrogen (secondary N) is 1. The second-order valence-corrected chi connectivity index (χ2v) is 5.78. The van der Waals surface area contributed by atoms with E-state index in [4.69, 9.17) is 9.47 Å². The number of benzene rings is 1. The molecule has 0 saturated heterocycles. The van der Waals surface area contributed by atoms with Crippen LogP contribution in [0.5, 0.6) is 11.5 Å². The molecule has 1 aliphatic rings. The first-order valence-corrected chi connectivity index (χ1v) is 8.42. The van der Waals surface area contributed by atoms with E-state index in [-0.39, 0.29) is 0 Å². The summed E-state index contributed by atoms with van der Waals surface area (Å²) in [4.78, 5) is 0. The van der Waals surface area contributed by atoms with Crippen molar-refractivity contribution in [1.82, 2.24) is 5.32 Å². The third kappa shape index (κ3) is 5.24. The Morgan fingerprint density at radius 2 is 1.81 bits per heavy atom. The molecule has 1 aliphatic carbocycles. The molecule has 118 valence electrons. The van der Waals surface area contributed by atoms with Gasteiger partial charge in [-0.15, -0.1) is 0 Å². The van der Waals surface area contributed by atoms with Crippen LogP contribution in [-0.4, -0.2) is 25.8 Å². The zero-order valence-electron chi connectivity index (χ0n) is 13.4. The molecule has 1 N–H and O–H groups in total. The largest absolute Gasteiger partial charge is 0.494 e. The highest BCUT2D eigenvalue weighted by Crippen LogP contribution is 2.27. The summed E-state index contributed by atoms with van der Waals surface area (Å²) in [5, 5.41) is 3.61. The van der Waals surface area contributed by atoms with E-state index < -0.39 is 0 Å². The van der Waals surface area contributed by atoms with Crippen LogP contribution in [0, 0.1) is 5.92 Å². The minimum atomic E-state index is 0.464. The summed E-state index contributed by atoms with van der Waals surface area (Å²) in [6, 6.07) is 8.41. The van der Waals surface area contributed by atoms with Gasteiger partial charge in [-0.3, -0.25) is 0 Å². The van der Waals surface area contributed by atoms with Crippen molar-refractivity contribution in [2.24, 2.45) is 5.92 Å². The van der Waals surface area contributed by atoms with Crippen LogP contribution in [0.4, 0.5) is 0 Å². The first-order valence-electron chi connectivity index (χ1n) is 8.42. The Morgan fingerprint density at radius 1 is 1.10 bits per heavy atom. The van der Waals surface area contributed by atoms with Crippen molar-refractivity contribution in [3.8, 4) is 11.5 Å². The normalized spacial score (nSPS) is 17.4. The second-order valence-electron chi connectivity index (χ2n) is 5.78. The van der Waals surface area contributed by atoms with Crippen LogP contribution in [0.25, 0.3) is 0 Å². The van der Waals surface area contributed by atoms with Gasteiger partial charge in [0.1, 0.15) is 18.1 Å². The van der Waals surface area contributed by atoms with Crippen molar-refractivity contribution in [3.63, 3.8) is 0 Å². The van der Waals surface area contributed by atoms with Crippen LogP contribution in [0.2, 0.25) is 0 Å². The third-order valence-electron chi connectivity index (χ3n) is 4.23. The molecular formula is C18H29NO2. The highest BCUT2D eigenvalue weighted by atomic mass is 16.5. The lowest BCUT2D eigenvalue weighted by molar-refractivity contribution is 0.187. The van der Waals surface area contributed by atoms with Crippen LogP contribution in [-0.2, 0) is 0 Å². The summed E-state index contributed by atoms with van der Waals surface area (Å²) in [6.45, 7) is 6.60. The highest BCUT2D eigenvalue weighted by Gasteiger charge is 2.23. The van der Waals surface area contributed by atoms with Crippen LogP contribution >= 0.6 is 0 Å². The van der Waals surface area contributed by atoms with Crippen molar-refractivity contribution in [2.45, 2.75) is 52.0 Å². The van der Waals surface area contributed by atoms with E-state index in [2.05, 4.69) is 12.2 Å². The maximum Gasteiger partial charge on any atom is 0.123 e. The van der Waals surface area contributed by atoms with Gasteiger partial charge in [-0.1, -0.05) is 32.3 Å². The fourth-order valence-electron chi connectivity index (χ4n) is 3.17. The molecule has 0 aliphatic heterocycles. The van der Waals surface area contributed by atoms with Crippen LogP contribution < -0.4 is 14.8 Å². The summed E-state index contributed by atoms with van der Waals surface area (Å²) < 4.78 is 11.5. The average molecular weight is 291 g/mol. The monoisotopic (exact) mass is 291 g/mol. The number of ether oxygens (including phenoxy) is 2. The molecular weight excluding hydrogens is 262 g/mol. The highest BCUT2D eigenvalue weighted by molar-refractivity contribution is 5.32. The quantitative estimate of drug-likeness (QED) is 0.784. The van der Waals surface area contributed by atoms with Gasteiger partial charge >= 0.3 is 0 Å². The minimum Gasteiger partial charge on any atom is -0.494 e. The van der Waals surface area contributed by atoms with Gasteiger partial charge in [-0.25, -0.2) is 0 Å². The summed E-state index contributed by atoms with van der Waals surface area (Å²) >= 11 is 0. The van der Waals surface area contributed by atoms with Crippen molar-refractivity contribution >= 4 is 0 Å². The lowest BCUT2D eigenvalue weighted by atomic mass is 9.84. The van der Waals surface area contributed by atoms with Crippen LogP contribution in [0.3, 0.4) is 0 Å². The molecule has 1 unspecified atom stereocenters. The molecule has 0 aromatic heterocycles. The van der Waals surface area contributed by atoms with Crippen molar-refractivity contribution in [1.29, 1.82) is 0 Å². The van der Waals surface area contributed by atoms with Gasteiger partial charge in [0.2, 0.25) is 0 Å². The van der Waals surface area contributed by atoms with E-state index in [0.717, 1.165) is 30.6 Å². The lowest BCUT2D eigenvalue weighted by Crippen LogP contribution is -2.41. The molecule has 3 nitrogen and oxygen atoms in total. The fourth-order valence-corrected chi connectivity index (χ4v) is 3.17. The second kappa shape index (κ2) is 8.93. The molecule has 1 saturated carbocycles. The van der Waals surface area contributed by atoms with Gasteiger partial charge < -0.3 is 14.8 Å². The van der Waals surface area contributed by atoms with Gasteiger partial charge in [-0.2, -0.15) is 0 Å². The molecule has 1 aromatic carbocycles. The molecule has 0 spiro atoms. The van der Waals surface area contributed by atoms with Gasteiger partial charge in [0, 0.05) is 12.1 Å². The Labute approximate surface area is 129 Å². The Bertz CT molecular complexity index is 402. The zero-order valence-corrected chi connectivity index (χ0v) is 13.4. The summed E-state index contributed by atoms with van der Waals surface area (Å²) in [7, 11) is 0. The van der Waals surface area contributed by atoms with E-state index in [1.807, 2.05) is 31.2 Å². The Hall–Kier alpha value is -1.22. The molecule has 2 rings (SSSR count). The van der Waals surface area contributed by atoms with E-state index in [1.165, 1.54) is 32.1 Å². The SMILES string of the molecule is CCNC(COc1cccc(OCC)c1)C1CCCCC1. The molecule has 1 aromatic rings. The van der Waals surface area contributed by atoms with Crippen molar-refractivity contribution in [2.75, 3.05) is 19.8 Å². The number of hydrogen-bond acceptors (Lipinski definition) is 3. The lowest BCUT2D eigenvalue weighted by Gasteiger charge is -2.30. The molecule has 21 heavy (non-hydrogen) atoms. The maximum absolute atomic E-state index is 6.02. The van der Waals surface area contributed by atoms with E-state index in [1.54, 1.807) is 0 Å². The fraction of sp³-hybridized carbons (Fsp3) is 0.667.